The fraction of sp³-hybridized carbons (Fsp3) is 0.800. The summed E-state index contributed by atoms with van der Waals surface area (Å²) in [6, 6.07) is 0.683. The minimum Gasteiger partial charge on any atom is -0.314 e. The van der Waals surface area contributed by atoms with Gasteiger partial charge >= 0.3 is 0 Å². The number of nitrogens with zero attached hydrogens (tertiary/aromatic N) is 2. The first-order chi connectivity index (χ1) is 8.58. The van der Waals surface area contributed by atoms with E-state index in [2.05, 4.69) is 44.3 Å². The zero-order valence-electron chi connectivity index (χ0n) is 12.5. The van der Waals surface area contributed by atoms with E-state index in [1.165, 1.54) is 30.5 Å². The van der Waals surface area contributed by atoms with Crippen molar-refractivity contribution in [2.45, 2.75) is 58.9 Å². The van der Waals surface area contributed by atoms with E-state index in [0.29, 0.717) is 17.4 Å². The highest BCUT2D eigenvalue weighted by Gasteiger charge is 2.53. The summed E-state index contributed by atoms with van der Waals surface area (Å²) in [5.41, 5.74) is 3.11. The van der Waals surface area contributed by atoms with E-state index in [1.54, 1.807) is 0 Å². The average Bonchev–Trinajstić information content (AvgIpc) is 2.65. The molecule has 0 radical (unpaired) electrons. The molecule has 1 aromatic rings. The van der Waals surface area contributed by atoms with Crippen molar-refractivity contribution in [3.05, 3.63) is 17.5 Å². The van der Waals surface area contributed by atoms with Gasteiger partial charge in [-0.25, -0.2) is 0 Å². The van der Waals surface area contributed by atoms with E-state index >= 15 is 0 Å². The van der Waals surface area contributed by atoms with E-state index in [1.807, 2.05) is 11.7 Å². The third kappa shape index (κ3) is 1.89. The molecule has 1 heterocycles. The summed E-state index contributed by atoms with van der Waals surface area (Å²) >= 11 is 0. The Morgan fingerprint density at radius 3 is 2.50 bits per heavy atom. The third-order valence-electron chi connectivity index (χ3n) is 5.05. The molecule has 2 atom stereocenters. The molecule has 2 rings (SSSR count). The van der Waals surface area contributed by atoms with Crippen molar-refractivity contribution >= 4 is 0 Å². The molecule has 0 spiro atoms. The van der Waals surface area contributed by atoms with Crippen LogP contribution in [0.25, 0.3) is 0 Å². The van der Waals surface area contributed by atoms with Gasteiger partial charge in [-0.2, -0.15) is 5.10 Å². The summed E-state index contributed by atoms with van der Waals surface area (Å²) in [6.45, 7) is 10.1. The molecule has 1 N–H and O–H groups in total. The molecule has 1 saturated carbocycles. The minimum absolute atomic E-state index is 0.434. The van der Waals surface area contributed by atoms with E-state index < -0.39 is 0 Å². The van der Waals surface area contributed by atoms with E-state index in [4.69, 9.17) is 0 Å². The molecular formula is C15H27N3. The predicted octanol–water partition coefficient (Wildman–Crippen LogP) is 3.00. The fourth-order valence-electron chi connectivity index (χ4n) is 3.95. The zero-order valence-corrected chi connectivity index (χ0v) is 12.5. The van der Waals surface area contributed by atoms with Gasteiger partial charge in [0.1, 0.15) is 0 Å². The lowest BCUT2D eigenvalue weighted by atomic mass is 9.52. The fourth-order valence-corrected chi connectivity index (χ4v) is 3.95. The first-order valence-electron chi connectivity index (χ1n) is 7.32. The normalized spacial score (nSPS) is 26.1. The maximum atomic E-state index is 4.52. The summed E-state index contributed by atoms with van der Waals surface area (Å²) in [5.74, 6) is 0.685. The second-order valence-electron chi connectivity index (χ2n) is 5.68. The summed E-state index contributed by atoms with van der Waals surface area (Å²) < 4.78 is 1.96. The largest absolute Gasteiger partial charge is 0.314 e. The molecule has 3 heteroatoms. The highest BCUT2D eigenvalue weighted by Crippen LogP contribution is 2.57. The van der Waals surface area contributed by atoms with Crippen LogP contribution in [-0.2, 0) is 7.05 Å². The smallest absolute Gasteiger partial charge is 0.0628 e. The number of hydrogen-bond acceptors (Lipinski definition) is 2. The second kappa shape index (κ2) is 5.04. The molecule has 0 amide bonds. The van der Waals surface area contributed by atoms with Gasteiger partial charge in [-0.1, -0.05) is 20.8 Å². The van der Waals surface area contributed by atoms with Crippen molar-refractivity contribution in [1.82, 2.24) is 15.1 Å². The maximum absolute atomic E-state index is 4.52. The summed E-state index contributed by atoms with van der Waals surface area (Å²) in [4.78, 5) is 0. The molecular weight excluding hydrogens is 222 g/mol. The zero-order chi connectivity index (χ0) is 13.3. The molecule has 18 heavy (non-hydrogen) atoms. The maximum Gasteiger partial charge on any atom is 0.0628 e. The summed E-state index contributed by atoms with van der Waals surface area (Å²) in [7, 11) is 2.02. The van der Waals surface area contributed by atoms with Gasteiger partial charge in [0.15, 0.2) is 0 Å². The third-order valence-corrected chi connectivity index (χ3v) is 5.05. The van der Waals surface area contributed by atoms with Gasteiger partial charge in [0.2, 0.25) is 0 Å². The van der Waals surface area contributed by atoms with E-state index in [9.17, 15) is 0 Å². The Balaban J connectivity index is 2.27. The van der Waals surface area contributed by atoms with Crippen molar-refractivity contribution in [1.29, 1.82) is 0 Å². The molecule has 0 saturated heterocycles. The lowest BCUT2D eigenvalue weighted by molar-refractivity contribution is 0.0207. The number of hydrogen-bond donors (Lipinski definition) is 1. The van der Waals surface area contributed by atoms with Crippen LogP contribution < -0.4 is 5.32 Å². The second-order valence-corrected chi connectivity index (χ2v) is 5.68. The first kappa shape index (κ1) is 13.6. The molecule has 102 valence electrons. The predicted molar refractivity (Wildman–Crippen MR) is 75.8 cm³/mol. The van der Waals surface area contributed by atoms with Crippen molar-refractivity contribution < 1.29 is 0 Å². The number of aryl methyl sites for hydroxylation is 2. The highest BCUT2D eigenvalue weighted by molar-refractivity contribution is 5.29. The Morgan fingerprint density at radius 1 is 1.39 bits per heavy atom. The lowest BCUT2D eigenvalue weighted by Gasteiger charge is -2.56. The Bertz CT molecular complexity index is 404. The van der Waals surface area contributed by atoms with Gasteiger partial charge in [-0.05, 0) is 49.6 Å². The van der Waals surface area contributed by atoms with Crippen LogP contribution in [0.5, 0.6) is 0 Å². The van der Waals surface area contributed by atoms with Crippen LogP contribution in [-0.4, -0.2) is 22.4 Å². The van der Waals surface area contributed by atoms with Crippen LogP contribution in [0, 0.1) is 12.3 Å². The van der Waals surface area contributed by atoms with Crippen LogP contribution in [0.4, 0.5) is 0 Å². The van der Waals surface area contributed by atoms with Crippen molar-refractivity contribution in [2.75, 3.05) is 6.54 Å². The monoisotopic (exact) mass is 249 g/mol. The summed E-state index contributed by atoms with van der Waals surface area (Å²) in [5, 5.41) is 8.19. The van der Waals surface area contributed by atoms with Gasteiger partial charge in [-0.15, -0.1) is 0 Å². The molecule has 1 aromatic heterocycles. The van der Waals surface area contributed by atoms with E-state index in [0.717, 1.165) is 6.54 Å². The molecule has 0 bridgehead atoms. The Labute approximate surface area is 111 Å². The number of aromatic nitrogens is 2. The van der Waals surface area contributed by atoms with Crippen LogP contribution in [0.3, 0.4) is 0 Å². The average molecular weight is 249 g/mol. The number of nitrogens with one attached hydrogen (secondary N) is 1. The SMILES string of the molecule is CCNC1CC(c2cn(C)nc2C)C1(CC)CC. The van der Waals surface area contributed by atoms with Crippen LogP contribution in [0.15, 0.2) is 6.20 Å². The molecule has 1 fully saturated rings. The van der Waals surface area contributed by atoms with Gasteiger partial charge in [0.05, 0.1) is 5.69 Å². The minimum atomic E-state index is 0.434. The quantitative estimate of drug-likeness (QED) is 0.869. The van der Waals surface area contributed by atoms with Crippen molar-refractivity contribution in [3.63, 3.8) is 0 Å². The number of rotatable bonds is 5. The molecule has 1 aliphatic rings. The van der Waals surface area contributed by atoms with Crippen LogP contribution >= 0.6 is 0 Å². The Morgan fingerprint density at radius 2 is 2.06 bits per heavy atom. The topological polar surface area (TPSA) is 29.9 Å². The van der Waals surface area contributed by atoms with Crippen LogP contribution in [0.1, 0.15) is 57.2 Å². The standard InChI is InChI=1S/C15H27N3/c1-6-15(7-2)13(9-14(15)16-8-3)12-10-18(5)17-11(12)4/h10,13-14,16H,6-9H2,1-5H3. The first-order valence-corrected chi connectivity index (χ1v) is 7.32. The van der Waals surface area contributed by atoms with Gasteiger partial charge < -0.3 is 5.32 Å². The lowest BCUT2D eigenvalue weighted by Crippen LogP contribution is -2.58. The Hall–Kier alpha value is -0.830. The molecule has 3 nitrogen and oxygen atoms in total. The molecule has 1 aliphatic carbocycles. The summed E-state index contributed by atoms with van der Waals surface area (Å²) in [6.07, 6.45) is 5.99. The van der Waals surface area contributed by atoms with Gasteiger partial charge in [-0.3, -0.25) is 4.68 Å². The van der Waals surface area contributed by atoms with Crippen molar-refractivity contribution in [3.8, 4) is 0 Å². The van der Waals surface area contributed by atoms with Crippen molar-refractivity contribution in [2.24, 2.45) is 12.5 Å². The molecule has 0 aliphatic heterocycles. The van der Waals surface area contributed by atoms with E-state index in [-0.39, 0.29) is 0 Å². The Kier molecular flexibility index (Phi) is 3.81. The highest BCUT2D eigenvalue weighted by atomic mass is 15.2. The van der Waals surface area contributed by atoms with Crippen LogP contribution in [0.2, 0.25) is 0 Å². The van der Waals surface area contributed by atoms with Gasteiger partial charge in [0.25, 0.3) is 0 Å². The molecule has 2 unspecified atom stereocenters. The molecule has 0 aromatic carbocycles. The van der Waals surface area contributed by atoms with Gasteiger partial charge in [0, 0.05) is 19.3 Å².